The third-order valence-corrected chi connectivity index (χ3v) is 2.20. The zero-order chi connectivity index (χ0) is 9.90. The molecule has 0 spiro atoms. The molecule has 0 unspecified atom stereocenters. The molecule has 0 aliphatic heterocycles. The highest BCUT2D eigenvalue weighted by molar-refractivity contribution is 5.58. The van der Waals surface area contributed by atoms with E-state index in [1.165, 1.54) is 0 Å². The van der Waals surface area contributed by atoms with Gasteiger partial charge in [-0.25, -0.2) is 4.79 Å². The molecule has 0 amide bonds. The predicted octanol–water partition coefficient (Wildman–Crippen LogP) is 2.59. The van der Waals surface area contributed by atoms with E-state index in [0.29, 0.717) is 0 Å². The topological polar surface area (TPSA) is 46.5 Å². The Bertz CT molecular complexity index is 239. The molecule has 0 saturated carbocycles. The Kier molecular flexibility index (Phi) is 2.76. The summed E-state index contributed by atoms with van der Waals surface area (Å²) in [6, 6.07) is 0. The second-order valence-corrected chi connectivity index (χ2v) is 3.42. The van der Waals surface area contributed by atoms with Crippen LogP contribution in [0.5, 0.6) is 0 Å². The van der Waals surface area contributed by atoms with Crippen molar-refractivity contribution in [1.29, 1.82) is 0 Å². The molecule has 0 saturated heterocycles. The van der Waals surface area contributed by atoms with E-state index in [1.807, 2.05) is 38.2 Å². The molecular formula is C10H14O3. The lowest BCUT2D eigenvalue weighted by atomic mass is 9.86. The van der Waals surface area contributed by atoms with Crippen molar-refractivity contribution in [3.63, 3.8) is 0 Å². The van der Waals surface area contributed by atoms with Gasteiger partial charge in [-0.2, -0.15) is 0 Å². The standard InChI is InChI=1S/C10H14O3/c1-8(2)10(13-9(11)12)6-4-3-5-7-10/h4-8H,3H2,1-2H3,(H,11,12). The Balaban J connectivity index is 2.86. The number of ether oxygens (including phenoxy) is 1. The maximum absolute atomic E-state index is 10.5. The van der Waals surface area contributed by atoms with Crippen LogP contribution in [0.3, 0.4) is 0 Å². The minimum atomic E-state index is -1.23. The van der Waals surface area contributed by atoms with Gasteiger partial charge in [0.25, 0.3) is 0 Å². The van der Waals surface area contributed by atoms with Gasteiger partial charge in [-0.05, 0) is 18.6 Å². The SMILES string of the molecule is CC(C)C1(OC(=O)O)C=CCC=C1. The molecular weight excluding hydrogens is 168 g/mol. The molecule has 0 fully saturated rings. The first-order chi connectivity index (χ1) is 6.07. The Labute approximate surface area is 77.7 Å². The maximum Gasteiger partial charge on any atom is 0.506 e. The van der Waals surface area contributed by atoms with E-state index < -0.39 is 11.8 Å². The number of allylic oxidation sites excluding steroid dienone is 2. The summed E-state index contributed by atoms with van der Waals surface area (Å²) in [5, 5.41) is 8.59. The quantitative estimate of drug-likeness (QED) is 0.527. The van der Waals surface area contributed by atoms with E-state index >= 15 is 0 Å². The summed E-state index contributed by atoms with van der Waals surface area (Å²) >= 11 is 0. The lowest BCUT2D eigenvalue weighted by Crippen LogP contribution is -2.36. The fourth-order valence-corrected chi connectivity index (χ4v) is 1.36. The van der Waals surface area contributed by atoms with E-state index in [1.54, 1.807) is 0 Å². The highest BCUT2D eigenvalue weighted by Crippen LogP contribution is 2.28. The highest BCUT2D eigenvalue weighted by atomic mass is 16.7. The zero-order valence-corrected chi connectivity index (χ0v) is 7.86. The van der Waals surface area contributed by atoms with Crippen molar-refractivity contribution in [2.75, 3.05) is 0 Å². The van der Waals surface area contributed by atoms with Crippen molar-refractivity contribution in [3.05, 3.63) is 24.3 Å². The predicted molar refractivity (Wildman–Crippen MR) is 49.6 cm³/mol. The number of rotatable bonds is 2. The van der Waals surface area contributed by atoms with Gasteiger partial charge in [0.2, 0.25) is 0 Å². The maximum atomic E-state index is 10.5. The summed E-state index contributed by atoms with van der Waals surface area (Å²) in [7, 11) is 0. The minimum absolute atomic E-state index is 0.108. The van der Waals surface area contributed by atoms with Crippen LogP contribution in [0.2, 0.25) is 0 Å². The summed E-state index contributed by atoms with van der Waals surface area (Å²) in [6.07, 6.45) is 7.07. The van der Waals surface area contributed by atoms with Gasteiger partial charge in [-0.15, -0.1) is 0 Å². The van der Waals surface area contributed by atoms with Gasteiger partial charge in [0, 0.05) is 5.92 Å². The fraction of sp³-hybridized carbons (Fsp3) is 0.500. The molecule has 0 aromatic carbocycles. The molecule has 3 nitrogen and oxygen atoms in total. The van der Waals surface area contributed by atoms with Gasteiger partial charge in [0.15, 0.2) is 5.60 Å². The molecule has 1 aliphatic carbocycles. The summed E-state index contributed by atoms with van der Waals surface area (Å²) in [5.41, 5.74) is -0.760. The molecule has 0 bridgehead atoms. The van der Waals surface area contributed by atoms with Gasteiger partial charge in [-0.1, -0.05) is 26.0 Å². The van der Waals surface area contributed by atoms with Gasteiger partial charge in [0.1, 0.15) is 0 Å². The highest BCUT2D eigenvalue weighted by Gasteiger charge is 2.33. The zero-order valence-electron chi connectivity index (χ0n) is 7.86. The Morgan fingerprint density at radius 2 is 2.00 bits per heavy atom. The van der Waals surface area contributed by atoms with Crippen molar-refractivity contribution < 1.29 is 14.6 Å². The monoisotopic (exact) mass is 182 g/mol. The second kappa shape index (κ2) is 3.64. The Morgan fingerprint density at radius 1 is 1.46 bits per heavy atom. The summed E-state index contributed by atoms with van der Waals surface area (Å²) < 4.78 is 4.88. The molecule has 3 heteroatoms. The summed E-state index contributed by atoms with van der Waals surface area (Å²) in [4.78, 5) is 10.5. The average molecular weight is 182 g/mol. The first-order valence-corrected chi connectivity index (χ1v) is 4.34. The van der Waals surface area contributed by atoms with Crippen LogP contribution < -0.4 is 0 Å². The fourth-order valence-electron chi connectivity index (χ4n) is 1.36. The van der Waals surface area contributed by atoms with Crippen LogP contribution in [-0.2, 0) is 4.74 Å². The second-order valence-electron chi connectivity index (χ2n) is 3.42. The normalized spacial score (nSPS) is 19.0. The van der Waals surface area contributed by atoms with E-state index in [0.717, 1.165) is 6.42 Å². The van der Waals surface area contributed by atoms with Crippen molar-refractivity contribution in [1.82, 2.24) is 0 Å². The molecule has 1 N–H and O–H groups in total. The summed E-state index contributed by atoms with van der Waals surface area (Å²) in [6.45, 7) is 3.87. The van der Waals surface area contributed by atoms with Crippen LogP contribution in [-0.4, -0.2) is 16.9 Å². The molecule has 0 aromatic rings. The van der Waals surface area contributed by atoms with Gasteiger partial charge < -0.3 is 9.84 Å². The van der Waals surface area contributed by atoms with E-state index in [-0.39, 0.29) is 5.92 Å². The van der Waals surface area contributed by atoms with Gasteiger partial charge >= 0.3 is 6.16 Å². The molecule has 72 valence electrons. The van der Waals surface area contributed by atoms with E-state index in [9.17, 15) is 4.79 Å². The lowest BCUT2D eigenvalue weighted by molar-refractivity contribution is 0.0118. The minimum Gasteiger partial charge on any atom is -0.450 e. The third-order valence-electron chi connectivity index (χ3n) is 2.20. The molecule has 1 rings (SSSR count). The van der Waals surface area contributed by atoms with E-state index in [2.05, 4.69) is 0 Å². The molecule has 1 aliphatic rings. The van der Waals surface area contributed by atoms with Crippen LogP contribution in [0.25, 0.3) is 0 Å². The van der Waals surface area contributed by atoms with Crippen molar-refractivity contribution >= 4 is 6.16 Å². The van der Waals surface area contributed by atoms with Crippen molar-refractivity contribution in [2.24, 2.45) is 5.92 Å². The van der Waals surface area contributed by atoms with Gasteiger partial charge in [-0.3, -0.25) is 0 Å². The molecule has 0 radical (unpaired) electrons. The van der Waals surface area contributed by atoms with Crippen LogP contribution in [0.4, 0.5) is 4.79 Å². The van der Waals surface area contributed by atoms with Crippen LogP contribution >= 0.6 is 0 Å². The summed E-state index contributed by atoms with van der Waals surface area (Å²) in [5.74, 6) is 0.108. The number of carbonyl (C=O) groups is 1. The van der Waals surface area contributed by atoms with E-state index in [4.69, 9.17) is 9.84 Å². The Hall–Kier alpha value is -1.25. The first kappa shape index (κ1) is 9.84. The Morgan fingerprint density at radius 3 is 2.38 bits per heavy atom. The van der Waals surface area contributed by atoms with Crippen LogP contribution in [0.1, 0.15) is 20.3 Å². The molecule has 0 atom stereocenters. The number of hydrogen-bond donors (Lipinski definition) is 1. The van der Waals surface area contributed by atoms with Crippen molar-refractivity contribution in [2.45, 2.75) is 25.9 Å². The van der Waals surface area contributed by atoms with Crippen LogP contribution in [0.15, 0.2) is 24.3 Å². The molecule has 13 heavy (non-hydrogen) atoms. The number of hydrogen-bond acceptors (Lipinski definition) is 2. The largest absolute Gasteiger partial charge is 0.506 e. The van der Waals surface area contributed by atoms with Crippen LogP contribution in [0, 0.1) is 5.92 Å². The molecule has 0 aromatic heterocycles. The third kappa shape index (κ3) is 2.11. The molecule has 0 heterocycles. The smallest absolute Gasteiger partial charge is 0.450 e. The first-order valence-electron chi connectivity index (χ1n) is 4.34. The lowest BCUT2D eigenvalue weighted by Gasteiger charge is -2.31. The van der Waals surface area contributed by atoms with Gasteiger partial charge in [0.05, 0.1) is 0 Å². The van der Waals surface area contributed by atoms with Crippen molar-refractivity contribution in [3.8, 4) is 0 Å². The number of carboxylic acid groups (broad SMARTS) is 1. The average Bonchev–Trinajstić information content (AvgIpc) is 2.04.